The third-order valence-electron chi connectivity index (χ3n) is 5.10. The van der Waals surface area contributed by atoms with E-state index < -0.39 is 0 Å². The van der Waals surface area contributed by atoms with E-state index in [2.05, 4.69) is 11.8 Å². The number of hydrogen-bond donors (Lipinski definition) is 0. The third kappa shape index (κ3) is 3.42. The molecular formula is C22H22FN3O2. The number of rotatable bonds is 4. The third-order valence-corrected chi connectivity index (χ3v) is 5.10. The van der Waals surface area contributed by atoms with E-state index in [1.54, 1.807) is 37.3 Å². The van der Waals surface area contributed by atoms with Crippen molar-refractivity contribution in [1.29, 1.82) is 0 Å². The Kier molecular flexibility index (Phi) is 4.94. The second-order valence-corrected chi connectivity index (χ2v) is 7.01. The summed E-state index contributed by atoms with van der Waals surface area (Å²) in [6.45, 7) is 5.17. The first-order valence-electron chi connectivity index (χ1n) is 9.58. The first-order valence-corrected chi connectivity index (χ1v) is 9.58. The van der Waals surface area contributed by atoms with Gasteiger partial charge in [-0.05, 0) is 69.2 Å². The largest absolute Gasteiger partial charge is 0.462 e. The minimum Gasteiger partial charge on any atom is -0.462 e. The first-order chi connectivity index (χ1) is 13.6. The lowest BCUT2D eigenvalue weighted by Crippen LogP contribution is -2.28. The SMILES string of the molecule is CCOC(=O)c1ccc2nc(-c3ccc(F)cc3)c(N3CCC[C@@H]3C)nc2c1. The number of hydrogen-bond acceptors (Lipinski definition) is 5. The average Bonchev–Trinajstić information content (AvgIpc) is 3.13. The van der Waals surface area contributed by atoms with Crippen molar-refractivity contribution in [2.24, 2.45) is 0 Å². The molecule has 0 N–H and O–H groups in total. The van der Waals surface area contributed by atoms with Gasteiger partial charge in [-0.2, -0.15) is 0 Å². The molecule has 5 nitrogen and oxygen atoms in total. The van der Waals surface area contributed by atoms with Gasteiger partial charge in [0.15, 0.2) is 5.82 Å². The molecule has 0 saturated carbocycles. The Morgan fingerprint density at radius 2 is 1.96 bits per heavy atom. The van der Waals surface area contributed by atoms with E-state index in [1.165, 1.54) is 12.1 Å². The fourth-order valence-electron chi connectivity index (χ4n) is 3.64. The Labute approximate surface area is 163 Å². The number of anilines is 1. The summed E-state index contributed by atoms with van der Waals surface area (Å²) in [4.78, 5) is 24.0. The second-order valence-electron chi connectivity index (χ2n) is 7.01. The summed E-state index contributed by atoms with van der Waals surface area (Å²) in [5.41, 5.74) is 3.33. The standard InChI is InChI=1S/C22H22FN3O2/c1-3-28-22(27)16-8-11-18-19(13-16)25-21(26-12-4-5-14(26)2)20(24-18)15-6-9-17(23)10-7-15/h6-11,13-14H,3-5,12H2,1-2H3/t14-/m0/s1. The number of aromatic nitrogens is 2. The molecule has 1 atom stereocenters. The van der Waals surface area contributed by atoms with E-state index in [9.17, 15) is 9.18 Å². The molecule has 144 valence electrons. The summed E-state index contributed by atoms with van der Waals surface area (Å²) in [6, 6.07) is 11.9. The number of fused-ring (bicyclic) bond motifs is 1. The number of carbonyl (C=O) groups is 1. The maximum atomic E-state index is 13.4. The lowest BCUT2D eigenvalue weighted by Gasteiger charge is -2.25. The van der Waals surface area contributed by atoms with Crippen LogP contribution in [0.5, 0.6) is 0 Å². The Morgan fingerprint density at radius 1 is 1.18 bits per heavy atom. The molecule has 2 heterocycles. The highest BCUT2D eigenvalue weighted by Crippen LogP contribution is 2.34. The number of benzene rings is 2. The van der Waals surface area contributed by atoms with Gasteiger partial charge in [0.25, 0.3) is 0 Å². The minimum absolute atomic E-state index is 0.285. The normalized spacial score (nSPS) is 16.5. The molecule has 1 saturated heterocycles. The average molecular weight is 379 g/mol. The van der Waals surface area contributed by atoms with E-state index in [0.29, 0.717) is 29.2 Å². The van der Waals surface area contributed by atoms with Gasteiger partial charge in [0, 0.05) is 18.2 Å². The quantitative estimate of drug-likeness (QED) is 0.620. The van der Waals surface area contributed by atoms with E-state index in [4.69, 9.17) is 14.7 Å². The molecule has 0 unspecified atom stereocenters. The molecule has 1 aliphatic rings. The lowest BCUT2D eigenvalue weighted by molar-refractivity contribution is 0.0526. The van der Waals surface area contributed by atoms with E-state index in [-0.39, 0.29) is 11.8 Å². The molecule has 28 heavy (non-hydrogen) atoms. The van der Waals surface area contributed by atoms with Crippen LogP contribution in [0.15, 0.2) is 42.5 Å². The van der Waals surface area contributed by atoms with Crippen molar-refractivity contribution in [2.45, 2.75) is 32.7 Å². The van der Waals surface area contributed by atoms with Crippen LogP contribution in [0.2, 0.25) is 0 Å². The van der Waals surface area contributed by atoms with Crippen LogP contribution in [0.4, 0.5) is 10.2 Å². The molecule has 0 aliphatic carbocycles. The second kappa shape index (κ2) is 7.54. The number of esters is 1. The van der Waals surface area contributed by atoms with Crippen LogP contribution in [-0.4, -0.2) is 35.1 Å². The van der Waals surface area contributed by atoms with Gasteiger partial charge >= 0.3 is 5.97 Å². The molecule has 0 amide bonds. The van der Waals surface area contributed by atoms with Crippen molar-refractivity contribution in [3.63, 3.8) is 0 Å². The molecule has 1 aromatic heterocycles. The highest BCUT2D eigenvalue weighted by molar-refractivity contribution is 5.94. The molecule has 2 aromatic carbocycles. The zero-order chi connectivity index (χ0) is 19.7. The maximum absolute atomic E-state index is 13.4. The van der Waals surface area contributed by atoms with Crippen molar-refractivity contribution in [3.05, 3.63) is 53.8 Å². The summed E-state index contributed by atoms with van der Waals surface area (Å²) < 4.78 is 18.5. The predicted molar refractivity (Wildman–Crippen MR) is 107 cm³/mol. The summed E-state index contributed by atoms with van der Waals surface area (Å²) in [7, 11) is 0. The number of ether oxygens (including phenoxy) is 1. The van der Waals surface area contributed by atoms with Crippen LogP contribution >= 0.6 is 0 Å². The molecule has 0 radical (unpaired) electrons. The summed E-state index contributed by atoms with van der Waals surface area (Å²) in [5, 5.41) is 0. The highest BCUT2D eigenvalue weighted by Gasteiger charge is 2.26. The Morgan fingerprint density at radius 3 is 2.64 bits per heavy atom. The molecule has 0 bridgehead atoms. The van der Waals surface area contributed by atoms with Gasteiger partial charge < -0.3 is 9.64 Å². The van der Waals surface area contributed by atoms with Crippen LogP contribution in [-0.2, 0) is 4.74 Å². The van der Waals surface area contributed by atoms with Crippen LogP contribution in [0.1, 0.15) is 37.0 Å². The molecular weight excluding hydrogens is 357 g/mol. The Balaban J connectivity index is 1.87. The van der Waals surface area contributed by atoms with Gasteiger partial charge in [-0.3, -0.25) is 0 Å². The summed E-state index contributed by atoms with van der Waals surface area (Å²) >= 11 is 0. The van der Waals surface area contributed by atoms with Gasteiger partial charge in [-0.25, -0.2) is 19.2 Å². The maximum Gasteiger partial charge on any atom is 0.338 e. The van der Waals surface area contributed by atoms with Gasteiger partial charge in [-0.1, -0.05) is 0 Å². The van der Waals surface area contributed by atoms with E-state index in [1.807, 2.05) is 0 Å². The monoisotopic (exact) mass is 379 g/mol. The number of nitrogens with zero attached hydrogens (tertiary/aromatic N) is 3. The molecule has 1 aliphatic heterocycles. The molecule has 1 fully saturated rings. The fraction of sp³-hybridized carbons (Fsp3) is 0.318. The van der Waals surface area contributed by atoms with Gasteiger partial charge in [-0.15, -0.1) is 0 Å². The van der Waals surface area contributed by atoms with E-state index in [0.717, 1.165) is 36.5 Å². The van der Waals surface area contributed by atoms with E-state index >= 15 is 0 Å². The van der Waals surface area contributed by atoms with Gasteiger partial charge in [0.2, 0.25) is 0 Å². The van der Waals surface area contributed by atoms with Crippen molar-refractivity contribution < 1.29 is 13.9 Å². The van der Waals surface area contributed by atoms with Crippen molar-refractivity contribution in [1.82, 2.24) is 9.97 Å². The van der Waals surface area contributed by atoms with Crippen molar-refractivity contribution in [2.75, 3.05) is 18.1 Å². The van der Waals surface area contributed by atoms with Crippen molar-refractivity contribution >= 4 is 22.8 Å². The van der Waals surface area contributed by atoms with Gasteiger partial charge in [0.05, 0.1) is 23.2 Å². The molecule has 4 rings (SSSR count). The van der Waals surface area contributed by atoms with Crippen molar-refractivity contribution in [3.8, 4) is 11.3 Å². The highest BCUT2D eigenvalue weighted by atomic mass is 19.1. The van der Waals surface area contributed by atoms with Gasteiger partial charge in [0.1, 0.15) is 11.5 Å². The lowest BCUT2D eigenvalue weighted by atomic mass is 10.1. The topological polar surface area (TPSA) is 55.3 Å². The summed E-state index contributed by atoms with van der Waals surface area (Å²) in [5.74, 6) is 0.114. The minimum atomic E-state index is -0.370. The molecule has 6 heteroatoms. The Hall–Kier alpha value is -3.02. The van der Waals surface area contributed by atoms with Crippen LogP contribution < -0.4 is 4.90 Å². The molecule has 0 spiro atoms. The first kappa shape index (κ1) is 18.3. The Bertz CT molecular complexity index is 1020. The fourth-order valence-corrected chi connectivity index (χ4v) is 3.64. The van der Waals surface area contributed by atoms with Crippen LogP contribution in [0.3, 0.4) is 0 Å². The van der Waals surface area contributed by atoms with Crippen LogP contribution in [0.25, 0.3) is 22.3 Å². The molecule has 3 aromatic rings. The number of carbonyl (C=O) groups excluding carboxylic acids is 1. The smallest absolute Gasteiger partial charge is 0.338 e. The zero-order valence-electron chi connectivity index (χ0n) is 16.0. The predicted octanol–water partition coefficient (Wildman–Crippen LogP) is 4.60. The van der Waals surface area contributed by atoms with Crippen LogP contribution in [0, 0.1) is 5.82 Å². The number of halogens is 1. The zero-order valence-corrected chi connectivity index (χ0v) is 16.0. The summed E-state index contributed by atoms with van der Waals surface area (Å²) in [6.07, 6.45) is 2.18.